The Balaban J connectivity index is 1.36. The second-order valence-corrected chi connectivity index (χ2v) is 9.40. The minimum Gasteiger partial charge on any atom is -0.353 e. The van der Waals surface area contributed by atoms with Crippen molar-refractivity contribution in [3.63, 3.8) is 0 Å². The van der Waals surface area contributed by atoms with E-state index in [4.69, 9.17) is 0 Å². The maximum Gasteiger partial charge on any atom is 0.224 e. The van der Waals surface area contributed by atoms with E-state index in [2.05, 4.69) is 30.8 Å². The van der Waals surface area contributed by atoms with E-state index in [0.29, 0.717) is 54.5 Å². The molecule has 2 fully saturated rings. The maximum atomic E-state index is 13.8. The van der Waals surface area contributed by atoms with E-state index in [0.717, 1.165) is 16.3 Å². The fourth-order valence-corrected chi connectivity index (χ4v) is 4.47. The molecule has 1 saturated heterocycles. The number of benzene rings is 1. The summed E-state index contributed by atoms with van der Waals surface area (Å²) in [4.78, 5) is 23.8. The third kappa shape index (κ3) is 5.44. The predicted molar refractivity (Wildman–Crippen MR) is 127 cm³/mol. The van der Waals surface area contributed by atoms with E-state index in [1.807, 2.05) is 48.2 Å². The van der Waals surface area contributed by atoms with Crippen molar-refractivity contribution in [2.75, 3.05) is 28.6 Å². The number of rotatable bonds is 8. The number of aromatic nitrogens is 4. The number of H-pyrrole nitrogens is 1. The van der Waals surface area contributed by atoms with Gasteiger partial charge in [-0.3, -0.25) is 9.89 Å². The number of nitrogens with zero attached hydrogens (tertiary/aromatic N) is 4. The average Bonchev–Trinajstić information content (AvgIpc) is 3.40. The van der Waals surface area contributed by atoms with Crippen LogP contribution in [0.3, 0.4) is 0 Å². The van der Waals surface area contributed by atoms with Crippen LogP contribution in [0.15, 0.2) is 46.5 Å². The van der Waals surface area contributed by atoms with Crippen LogP contribution in [-0.4, -0.2) is 45.3 Å². The quantitative estimate of drug-likeness (QED) is 0.407. The topological polar surface area (TPSA) is 98.8 Å². The van der Waals surface area contributed by atoms with Crippen LogP contribution in [0.1, 0.15) is 44.2 Å². The molecule has 3 aromatic rings. The Hall–Kier alpha value is -3.14. The molecule has 2 aliphatic rings. The number of hydrogen-bond donors (Lipinski definition) is 3. The number of halogens is 1. The molecular formula is C23H26FN7OS. The zero-order valence-corrected chi connectivity index (χ0v) is 19.2. The van der Waals surface area contributed by atoms with Crippen molar-refractivity contribution in [1.29, 1.82) is 0 Å². The molecule has 1 saturated carbocycles. The van der Waals surface area contributed by atoms with E-state index in [-0.39, 0.29) is 5.91 Å². The molecule has 2 aromatic heterocycles. The Kier molecular flexibility index (Phi) is 6.17. The lowest BCUT2D eigenvalue weighted by Crippen LogP contribution is -2.21. The second-order valence-electron chi connectivity index (χ2n) is 8.36. The molecular weight excluding hydrogens is 441 g/mol. The molecule has 8 nitrogen and oxygen atoms in total. The number of alkyl halides is 1. The van der Waals surface area contributed by atoms with Gasteiger partial charge in [-0.1, -0.05) is 6.92 Å². The smallest absolute Gasteiger partial charge is 0.224 e. The van der Waals surface area contributed by atoms with E-state index in [1.165, 1.54) is 24.6 Å². The van der Waals surface area contributed by atoms with Gasteiger partial charge in [0.2, 0.25) is 5.91 Å². The van der Waals surface area contributed by atoms with Gasteiger partial charge in [0.25, 0.3) is 0 Å². The van der Waals surface area contributed by atoms with Gasteiger partial charge in [-0.05, 0) is 55.3 Å². The average molecular weight is 468 g/mol. The lowest BCUT2D eigenvalue weighted by atomic mass is 10.3. The number of aromatic amines is 1. The summed E-state index contributed by atoms with van der Waals surface area (Å²) in [6.07, 6.45) is 2.48. The first kappa shape index (κ1) is 21.7. The van der Waals surface area contributed by atoms with Crippen LogP contribution in [0.2, 0.25) is 0 Å². The Morgan fingerprint density at radius 3 is 2.70 bits per heavy atom. The molecule has 5 rings (SSSR count). The first-order valence-electron chi connectivity index (χ1n) is 11.2. The second kappa shape index (κ2) is 9.38. The van der Waals surface area contributed by atoms with Gasteiger partial charge >= 0.3 is 0 Å². The predicted octanol–water partition coefficient (Wildman–Crippen LogP) is 4.87. The minimum absolute atomic E-state index is 0.0258. The summed E-state index contributed by atoms with van der Waals surface area (Å²) in [5, 5.41) is 14.1. The van der Waals surface area contributed by atoms with Gasteiger partial charge in [-0.2, -0.15) is 5.10 Å². The number of carbonyl (C=O) groups excluding carboxylic acids is 1. The third-order valence-electron chi connectivity index (χ3n) is 5.69. The zero-order chi connectivity index (χ0) is 22.8. The highest BCUT2D eigenvalue weighted by Crippen LogP contribution is 2.40. The first-order chi connectivity index (χ1) is 16.1. The Bertz CT molecular complexity index is 1130. The van der Waals surface area contributed by atoms with Gasteiger partial charge in [0.05, 0.1) is 6.54 Å². The SMILES string of the molecule is CCC(=O)Nc1ccc(Sc2nc(Nc3cc(C4CC4)[nH]n3)cc(N3CC[C@@H](F)C3)n2)cc1. The number of nitrogens with one attached hydrogen (secondary N) is 3. The lowest BCUT2D eigenvalue weighted by Gasteiger charge is -2.18. The molecule has 33 heavy (non-hydrogen) atoms. The summed E-state index contributed by atoms with van der Waals surface area (Å²) in [7, 11) is 0. The summed E-state index contributed by atoms with van der Waals surface area (Å²) < 4.78 is 13.8. The van der Waals surface area contributed by atoms with E-state index in [1.54, 1.807) is 0 Å². The van der Waals surface area contributed by atoms with E-state index >= 15 is 0 Å². The maximum absolute atomic E-state index is 13.8. The van der Waals surface area contributed by atoms with Gasteiger partial charge in [0, 0.05) is 47.3 Å². The Morgan fingerprint density at radius 1 is 1.18 bits per heavy atom. The summed E-state index contributed by atoms with van der Waals surface area (Å²) in [5.41, 5.74) is 1.88. The zero-order valence-electron chi connectivity index (χ0n) is 18.3. The molecule has 1 amide bonds. The van der Waals surface area contributed by atoms with Crippen LogP contribution >= 0.6 is 11.8 Å². The van der Waals surface area contributed by atoms with Crippen molar-refractivity contribution < 1.29 is 9.18 Å². The molecule has 172 valence electrons. The number of anilines is 4. The molecule has 0 radical (unpaired) electrons. The lowest BCUT2D eigenvalue weighted by molar-refractivity contribution is -0.115. The van der Waals surface area contributed by atoms with Crippen LogP contribution < -0.4 is 15.5 Å². The van der Waals surface area contributed by atoms with Crippen LogP contribution in [0.4, 0.5) is 27.5 Å². The molecule has 1 atom stereocenters. The number of hydrogen-bond acceptors (Lipinski definition) is 7. The van der Waals surface area contributed by atoms with Crippen LogP contribution in [0, 0.1) is 0 Å². The van der Waals surface area contributed by atoms with Crippen LogP contribution in [0.5, 0.6) is 0 Å². The van der Waals surface area contributed by atoms with E-state index in [9.17, 15) is 9.18 Å². The van der Waals surface area contributed by atoms with Crippen molar-refractivity contribution >= 4 is 40.8 Å². The molecule has 1 aliphatic heterocycles. The van der Waals surface area contributed by atoms with E-state index < -0.39 is 6.17 Å². The van der Waals surface area contributed by atoms with Crippen molar-refractivity contribution in [1.82, 2.24) is 20.2 Å². The standard InChI is InChI=1S/C23H26FN7OS/c1-2-22(32)25-16-5-7-17(8-6-16)33-23-27-19(12-21(28-23)31-10-9-15(24)13-31)26-20-11-18(29-30-20)14-3-4-14/h5-8,11-12,14-15H,2-4,9-10,13H2,1H3,(H,25,32)(H2,26,27,28,29,30)/t15-/m1/s1. The molecule has 3 heterocycles. The van der Waals surface area contributed by atoms with Gasteiger partial charge < -0.3 is 15.5 Å². The number of amides is 1. The van der Waals surface area contributed by atoms with Crippen LogP contribution in [-0.2, 0) is 4.79 Å². The normalized spacial score (nSPS) is 17.9. The fourth-order valence-electron chi connectivity index (χ4n) is 3.71. The minimum atomic E-state index is -0.842. The third-order valence-corrected chi connectivity index (χ3v) is 6.56. The summed E-state index contributed by atoms with van der Waals surface area (Å²) in [6.45, 7) is 2.78. The monoisotopic (exact) mass is 467 g/mol. The van der Waals surface area contributed by atoms with Gasteiger partial charge in [0.1, 0.15) is 17.8 Å². The molecule has 0 bridgehead atoms. The molecule has 1 aromatic carbocycles. The first-order valence-corrected chi connectivity index (χ1v) is 12.1. The van der Waals surface area contributed by atoms with Gasteiger partial charge in [-0.25, -0.2) is 14.4 Å². The number of carbonyl (C=O) groups is 1. The van der Waals surface area contributed by atoms with Gasteiger partial charge in [-0.15, -0.1) is 0 Å². The van der Waals surface area contributed by atoms with Crippen molar-refractivity contribution in [3.8, 4) is 0 Å². The van der Waals surface area contributed by atoms with Crippen molar-refractivity contribution in [2.45, 2.75) is 54.7 Å². The highest BCUT2D eigenvalue weighted by atomic mass is 32.2. The largest absolute Gasteiger partial charge is 0.353 e. The highest BCUT2D eigenvalue weighted by molar-refractivity contribution is 7.99. The Morgan fingerprint density at radius 2 is 2.00 bits per heavy atom. The summed E-state index contributed by atoms with van der Waals surface area (Å²) in [6, 6.07) is 11.4. The van der Waals surface area contributed by atoms with Gasteiger partial charge in [0.15, 0.2) is 11.0 Å². The summed E-state index contributed by atoms with van der Waals surface area (Å²) in [5.74, 6) is 2.57. The molecule has 1 aliphatic carbocycles. The molecule has 10 heteroatoms. The summed E-state index contributed by atoms with van der Waals surface area (Å²) >= 11 is 1.42. The Labute approximate surface area is 195 Å². The molecule has 0 spiro atoms. The van der Waals surface area contributed by atoms with Crippen molar-refractivity contribution in [2.24, 2.45) is 0 Å². The molecule has 0 unspecified atom stereocenters. The van der Waals surface area contributed by atoms with Crippen molar-refractivity contribution in [3.05, 3.63) is 42.1 Å². The highest BCUT2D eigenvalue weighted by Gasteiger charge is 2.26. The van der Waals surface area contributed by atoms with Crippen LogP contribution in [0.25, 0.3) is 0 Å². The fraction of sp³-hybridized carbons (Fsp3) is 0.391. The molecule has 3 N–H and O–H groups in total.